The lowest BCUT2D eigenvalue weighted by Gasteiger charge is -2.32. The Labute approximate surface area is 369 Å². The molecule has 3 aliphatic rings. The summed E-state index contributed by atoms with van der Waals surface area (Å²) in [4.78, 5) is 72.6. The fourth-order valence-electron chi connectivity index (χ4n) is 9.61. The Morgan fingerprint density at radius 3 is 2.44 bits per heavy atom. The van der Waals surface area contributed by atoms with Crippen molar-refractivity contribution in [2.75, 3.05) is 27.4 Å². The van der Waals surface area contributed by atoms with E-state index in [2.05, 4.69) is 33.5 Å². The third-order valence-electron chi connectivity index (χ3n) is 13.1. The van der Waals surface area contributed by atoms with Crippen LogP contribution in [0.5, 0.6) is 5.75 Å². The van der Waals surface area contributed by atoms with Crippen molar-refractivity contribution in [3.8, 4) is 28.1 Å². The van der Waals surface area contributed by atoms with Gasteiger partial charge in [0.25, 0.3) is 0 Å². The molecule has 2 aromatic heterocycles. The topological polar surface area (TPSA) is 181 Å². The van der Waals surface area contributed by atoms with E-state index in [4.69, 9.17) is 28.9 Å². The molecule has 5 heterocycles. The fraction of sp³-hybridized carbons (Fsp3) is 0.489. The highest BCUT2D eigenvalue weighted by Gasteiger charge is 2.43. The number of fused-ring (bicyclic) bond motifs is 6. The number of amides is 3. The van der Waals surface area contributed by atoms with E-state index in [0.29, 0.717) is 35.9 Å². The van der Waals surface area contributed by atoms with Crippen molar-refractivity contribution in [3.05, 3.63) is 65.9 Å². The van der Waals surface area contributed by atoms with Crippen molar-refractivity contribution in [2.45, 2.75) is 97.7 Å². The first-order valence-electron chi connectivity index (χ1n) is 21.9. The summed E-state index contributed by atoms with van der Waals surface area (Å²) in [6.07, 6.45) is 2.92. The number of alkyl carbamates (subject to hydrolysis) is 1. The third kappa shape index (κ3) is 8.61. The zero-order valence-corrected chi connectivity index (χ0v) is 37.1. The van der Waals surface area contributed by atoms with Crippen LogP contribution in [0.25, 0.3) is 44.2 Å². The number of benzene rings is 3. The SMILES string of the molecule is COC(=O)C[C@H](C(=O)N1C[C@@H](COC(F)F)C[C@H]1c1nc2c(ccc3cc4c(cc32)OCc2cc(-c3cnc([C@@H]5CC[C@H](C)N5C(=O)[C@@H](NC(=O)OC)C(C)C)[nH]3)ccc2-4)[nH]1)C(C)C. The molecule has 0 bridgehead atoms. The summed E-state index contributed by atoms with van der Waals surface area (Å²) in [5, 5.41) is 4.48. The van der Waals surface area contributed by atoms with Gasteiger partial charge in [-0.2, -0.15) is 8.78 Å². The second kappa shape index (κ2) is 18.2. The monoisotopic (exact) mass is 883 g/mol. The molecule has 64 heavy (non-hydrogen) atoms. The number of imidazole rings is 2. The van der Waals surface area contributed by atoms with E-state index in [-0.39, 0.29) is 61.2 Å². The van der Waals surface area contributed by atoms with E-state index in [0.717, 1.165) is 57.1 Å². The minimum atomic E-state index is -2.93. The van der Waals surface area contributed by atoms with Gasteiger partial charge in [0.05, 0.1) is 68.2 Å². The summed E-state index contributed by atoms with van der Waals surface area (Å²) in [6, 6.07) is 12.6. The van der Waals surface area contributed by atoms with Crippen LogP contribution < -0.4 is 10.1 Å². The highest BCUT2D eigenvalue weighted by molar-refractivity contribution is 6.07. The van der Waals surface area contributed by atoms with Gasteiger partial charge in [0, 0.05) is 29.5 Å². The molecule has 3 aliphatic heterocycles. The van der Waals surface area contributed by atoms with Crippen molar-refractivity contribution in [2.24, 2.45) is 23.7 Å². The van der Waals surface area contributed by atoms with Crippen LogP contribution in [0.15, 0.2) is 48.7 Å². The molecule has 0 unspecified atom stereocenters. The predicted octanol–water partition coefficient (Wildman–Crippen LogP) is 8.06. The maximum atomic E-state index is 14.1. The van der Waals surface area contributed by atoms with Crippen LogP contribution in [-0.4, -0.2) is 99.7 Å². The number of ether oxygens (including phenoxy) is 4. The standard InChI is InChI=1S/C47H55F2N7O8/c1-23(2)31(18-39(57)61-6)44(58)55-20-26(21-64-46(48)49)14-37(55)43-51-34-12-10-27-16-33-30-11-9-28(15-29(30)22-63-38(33)17-32(27)41(34)53-43)35-19-50-42(52-35)36-13-8-25(5)56(36)45(59)40(24(3)4)54-47(60)62-7/h9-12,15-17,19,23-26,31,36-37,40,46H,8,13-14,18,20-22H2,1-7H3,(H,50,52)(H,51,53)(H,54,60)/t25-,26-,31-,36-,37-,40-/m0/s1. The Balaban J connectivity index is 1.05. The van der Waals surface area contributed by atoms with Crippen LogP contribution in [0, 0.1) is 23.7 Å². The predicted molar refractivity (Wildman–Crippen MR) is 233 cm³/mol. The molecule has 3 amide bonds. The molecule has 0 saturated carbocycles. The third-order valence-corrected chi connectivity index (χ3v) is 13.1. The van der Waals surface area contributed by atoms with Crippen molar-refractivity contribution < 1.29 is 46.9 Å². The smallest absolute Gasteiger partial charge is 0.407 e. The number of hydrogen-bond donors (Lipinski definition) is 3. The van der Waals surface area contributed by atoms with Gasteiger partial charge in [-0.25, -0.2) is 14.8 Å². The molecule has 5 aromatic rings. The molecular formula is C47H55F2N7O8. The van der Waals surface area contributed by atoms with Crippen LogP contribution in [0.2, 0.25) is 0 Å². The highest BCUT2D eigenvalue weighted by Crippen LogP contribution is 2.44. The first-order valence-corrected chi connectivity index (χ1v) is 21.9. The maximum Gasteiger partial charge on any atom is 0.407 e. The van der Waals surface area contributed by atoms with Crippen LogP contribution in [0.3, 0.4) is 0 Å². The lowest BCUT2D eigenvalue weighted by molar-refractivity contribution is -0.149. The molecular weight excluding hydrogens is 829 g/mol. The van der Waals surface area contributed by atoms with Gasteiger partial charge in [-0.1, -0.05) is 45.9 Å². The molecule has 340 valence electrons. The second-order valence-corrected chi connectivity index (χ2v) is 17.9. The molecule has 0 radical (unpaired) electrons. The average molecular weight is 884 g/mol. The van der Waals surface area contributed by atoms with Crippen molar-refractivity contribution >= 4 is 45.7 Å². The van der Waals surface area contributed by atoms with Gasteiger partial charge in [-0.05, 0) is 84.4 Å². The first kappa shape index (κ1) is 44.5. The van der Waals surface area contributed by atoms with Gasteiger partial charge in [-0.3, -0.25) is 14.4 Å². The number of aromatic nitrogens is 4. The number of aromatic amines is 2. The normalized spacial score (nSPS) is 20.4. The number of carbonyl (C=O) groups excluding carboxylic acids is 4. The minimum absolute atomic E-state index is 0.0402. The van der Waals surface area contributed by atoms with Gasteiger partial charge < -0.3 is 44.0 Å². The van der Waals surface area contributed by atoms with Crippen LogP contribution in [0.4, 0.5) is 13.6 Å². The van der Waals surface area contributed by atoms with Crippen molar-refractivity contribution in [1.82, 2.24) is 35.1 Å². The number of likely N-dealkylation sites (tertiary alicyclic amines) is 2. The first-order chi connectivity index (χ1) is 30.6. The molecule has 0 aliphatic carbocycles. The number of carbonyl (C=O) groups is 4. The Kier molecular flexibility index (Phi) is 12.6. The van der Waals surface area contributed by atoms with Gasteiger partial charge >= 0.3 is 18.7 Å². The van der Waals surface area contributed by atoms with Gasteiger partial charge in [-0.15, -0.1) is 0 Å². The number of nitrogens with zero attached hydrogens (tertiary/aromatic N) is 4. The number of esters is 1. The Morgan fingerprint density at radius 1 is 0.922 bits per heavy atom. The van der Waals surface area contributed by atoms with E-state index in [1.807, 2.05) is 63.8 Å². The number of nitrogens with one attached hydrogen (secondary N) is 3. The fourth-order valence-corrected chi connectivity index (χ4v) is 9.61. The van der Waals surface area contributed by atoms with Crippen LogP contribution >= 0.6 is 0 Å². The summed E-state index contributed by atoms with van der Waals surface area (Å²) in [6.45, 7) is 6.86. The molecule has 8 rings (SSSR count). The summed E-state index contributed by atoms with van der Waals surface area (Å²) < 4.78 is 47.0. The lowest BCUT2D eigenvalue weighted by atomic mass is 9.91. The molecule has 15 nitrogen and oxygen atoms in total. The zero-order valence-electron chi connectivity index (χ0n) is 37.1. The number of methoxy groups -OCH3 is 2. The van der Waals surface area contributed by atoms with Gasteiger partial charge in [0.15, 0.2) is 0 Å². The van der Waals surface area contributed by atoms with Crippen molar-refractivity contribution in [3.63, 3.8) is 0 Å². The summed E-state index contributed by atoms with van der Waals surface area (Å²) >= 11 is 0. The average Bonchev–Trinajstić information content (AvgIpc) is 4.10. The summed E-state index contributed by atoms with van der Waals surface area (Å²) in [5.41, 5.74) is 6.09. The molecule has 0 spiro atoms. The van der Waals surface area contributed by atoms with E-state index < -0.39 is 36.7 Å². The zero-order chi connectivity index (χ0) is 45.6. The van der Waals surface area contributed by atoms with Gasteiger partial charge in [0.1, 0.15) is 30.0 Å². The number of halogens is 2. The summed E-state index contributed by atoms with van der Waals surface area (Å²) in [5.74, 6) is -0.403. The van der Waals surface area contributed by atoms with Crippen LogP contribution in [0.1, 0.15) is 89.6 Å². The molecule has 2 fully saturated rings. The van der Waals surface area contributed by atoms with E-state index >= 15 is 0 Å². The maximum absolute atomic E-state index is 14.1. The molecule has 3 aromatic carbocycles. The highest BCUT2D eigenvalue weighted by atomic mass is 19.3. The van der Waals surface area contributed by atoms with Crippen molar-refractivity contribution in [1.29, 1.82) is 0 Å². The molecule has 2 saturated heterocycles. The number of alkyl halides is 2. The van der Waals surface area contributed by atoms with E-state index in [1.165, 1.54) is 14.2 Å². The quantitative estimate of drug-likeness (QED) is 0.0979. The Morgan fingerprint density at radius 2 is 1.72 bits per heavy atom. The van der Waals surface area contributed by atoms with Gasteiger partial charge in [0.2, 0.25) is 11.8 Å². The van der Waals surface area contributed by atoms with E-state index in [1.54, 1.807) is 11.1 Å². The largest absolute Gasteiger partial charge is 0.488 e. The summed E-state index contributed by atoms with van der Waals surface area (Å²) in [7, 11) is 2.56. The Bertz CT molecular complexity index is 2570. The minimum Gasteiger partial charge on any atom is -0.488 e. The molecule has 17 heteroatoms. The molecule has 3 N–H and O–H groups in total. The van der Waals surface area contributed by atoms with Crippen LogP contribution in [-0.2, 0) is 35.2 Å². The van der Waals surface area contributed by atoms with E-state index in [9.17, 15) is 28.0 Å². The molecule has 6 atom stereocenters. The lowest BCUT2D eigenvalue weighted by Crippen LogP contribution is -2.52. The number of H-pyrrole nitrogens is 2. The number of rotatable bonds is 13. The Hall–Kier alpha value is -6.10. The second-order valence-electron chi connectivity index (χ2n) is 17.9. The number of hydrogen-bond acceptors (Lipinski definition) is 10.